The predicted octanol–water partition coefficient (Wildman–Crippen LogP) is 5.70. The van der Waals surface area contributed by atoms with E-state index in [0.717, 1.165) is 60.6 Å². The summed E-state index contributed by atoms with van der Waals surface area (Å²) in [4.78, 5) is 17.4. The van der Waals surface area contributed by atoms with Crippen LogP contribution in [0.4, 0.5) is 17.5 Å². The summed E-state index contributed by atoms with van der Waals surface area (Å²) in [6.45, 7) is 12.9. The van der Waals surface area contributed by atoms with Crippen LogP contribution in [0.5, 0.6) is 5.75 Å². The van der Waals surface area contributed by atoms with Gasteiger partial charge in [0, 0.05) is 18.7 Å². The lowest BCUT2D eigenvalue weighted by Crippen LogP contribution is -2.25. The highest BCUT2D eigenvalue weighted by Gasteiger charge is 2.31. The van der Waals surface area contributed by atoms with Crippen LogP contribution in [-0.4, -0.2) is 47.7 Å². The summed E-state index contributed by atoms with van der Waals surface area (Å²) in [6.07, 6.45) is 3.35. The van der Waals surface area contributed by atoms with Gasteiger partial charge in [0.2, 0.25) is 5.95 Å². The van der Waals surface area contributed by atoms with E-state index >= 15 is 0 Å². The zero-order valence-corrected chi connectivity index (χ0v) is 22.2. The van der Waals surface area contributed by atoms with E-state index in [1.165, 1.54) is 0 Å². The van der Waals surface area contributed by atoms with Crippen LogP contribution in [-0.2, 0) is 4.84 Å². The van der Waals surface area contributed by atoms with Crippen molar-refractivity contribution in [3.8, 4) is 11.8 Å². The normalized spacial score (nSPS) is 15.1. The van der Waals surface area contributed by atoms with E-state index in [1.807, 2.05) is 44.2 Å². The third-order valence-corrected chi connectivity index (χ3v) is 6.66. The molecule has 1 saturated heterocycles. The molecule has 0 bridgehead atoms. The first-order chi connectivity index (χ1) is 18.0. The maximum atomic E-state index is 9.72. The Labute approximate surface area is 219 Å². The molecule has 8 heteroatoms. The second-order valence-corrected chi connectivity index (χ2v) is 9.21. The average Bonchev–Trinajstić information content (AvgIpc) is 3.40. The lowest BCUT2D eigenvalue weighted by molar-refractivity contribution is 0.156. The third kappa shape index (κ3) is 6.37. The Morgan fingerprint density at radius 1 is 1.16 bits per heavy atom. The van der Waals surface area contributed by atoms with E-state index < -0.39 is 0 Å². The van der Waals surface area contributed by atoms with Crippen molar-refractivity contribution in [2.45, 2.75) is 46.6 Å². The number of hydrogen-bond donors (Lipinski definition) is 1. The number of hydroxylamine groups is 1. The van der Waals surface area contributed by atoms with E-state index in [1.54, 1.807) is 11.3 Å². The molecule has 1 aromatic heterocycles. The molecule has 1 fully saturated rings. The third-order valence-electron chi connectivity index (χ3n) is 6.66. The highest BCUT2D eigenvalue weighted by atomic mass is 16.7. The molecule has 1 N–H and O–H groups in total. The minimum atomic E-state index is -0.0151. The lowest BCUT2D eigenvalue weighted by Gasteiger charge is -2.24. The van der Waals surface area contributed by atoms with Crippen molar-refractivity contribution in [1.29, 1.82) is 5.26 Å². The quantitative estimate of drug-likeness (QED) is 0.336. The van der Waals surface area contributed by atoms with Gasteiger partial charge < -0.3 is 15.0 Å². The average molecular weight is 501 g/mol. The maximum Gasteiger partial charge on any atom is 0.229 e. The van der Waals surface area contributed by atoms with Crippen molar-refractivity contribution in [3.63, 3.8) is 0 Å². The van der Waals surface area contributed by atoms with Gasteiger partial charge in [-0.25, -0.2) is 10.0 Å². The molecule has 0 radical (unpaired) electrons. The molecule has 0 amide bonds. The largest absolute Gasteiger partial charge is 0.493 e. The minimum Gasteiger partial charge on any atom is -0.493 e. The first-order valence-corrected chi connectivity index (χ1v) is 13.0. The molecule has 4 rings (SSSR count). The van der Waals surface area contributed by atoms with E-state index in [-0.39, 0.29) is 6.04 Å². The number of ether oxygens (including phenoxy) is 1. The van der Waals surface area contributed by atoms with Crippen LogP contribution in [0.15, 0.2) is 48.7 Å². The van der Waals surface area contributed by atoms with E-state index in [9.17, 15) is 5.26 Å². The molecule has 0 saturated carbocycles. The van der Waals surface area contributed by atoms with E-state index in [2.05, 4.69) is 47.3 Å². The van der Waals surface area contributed by atoms with Gasteiger partial charge in [-0.1, -0.05) is 44.2 Å². The summed E-state index contributed by atoms with van der Waals surface area (Å²) in [5.41, 5.74) is 4.45. The molecule has 1 unspecified atom stereocenters. The van der Waals surface area contributed by atoms with Gasteiger partial charge in [-0.05, 0) is 62.2 Å². The number of nitrogens with zero attached hydrogens (tertiary/aromatic N) is 5. The molecule has 3 aromatic rings. The molecule has 0 aliphatic carbocycles. The smallest absolute Gasteiger partial charge is 0.229 e. The lowest BCUT2D eigenvalue weighted by atomic mass is 10.0. The molecule has 37 heavy (non-hydrogen) atoms. The van der Waals surface area contributed by atoms with Crippen LogP contribution < -0.4 is 15.1 Å². The number of anilines is 3. The van der Waals surface area contributed by atoms with Crippen molar-refractivity contribution in [3.05, 3.63) is 70.9 Å². The molecule has 1 aliphatic rings. The number of hydrogen-bond acceptors (Lipinski definition) is 8. The molecule has 2 aromatic carbocycles. The maximum absolute atomic E-state index is 9.72. The van der Waals surface area contributed by atoms with Crippen molar-refractivity contribution >= 4 is 17.5 Å². The van der Waals surface area contributed by atoms with Crippen LogP contribution in [0.2, 0.25) is 0 Å². The predicted molar refractivity (Wildman–Crippen MR) is 146 cm³/mol. The highest BCUT2D eigenvalue weighted by Crippen LogP contribution is 2.36. The molecular formula is C29H36N6O2. The monoisotopic (exact) mass is 500 g/mol. The number of nitrogens with one attached hydrogen (secondary N) is 1. The zero-order chi connectivity index (χ0) is 26.2. The molecule has 1 aliphatic heterocycles. The number of rotatable bonds is 11. The standard InChI is InChI=1S/C29H36N6O2/c1-5-34(6-2)14-10-15-36-27-21(3)17-25(18-22(27)4)32-29-31-20-24(19-30)28(33-29)35-26(13-16-37-35)23-11-8-7-9-12-23/h7-9,11-12,17-18,20,26H,5-6,10,13-16H2,1-4H3,(H,31,32,33). The molecule has 194 valence electrons. The van der Waals surface area contributed by atoms with E-state index in [0.29, 0.717) is 30.5 Å². The second kappa shape index (κ2) is 12.5. The molecular weight excluding hydrogens is 464 g/mol. The second-order valence-electron chi connectivity index (χ2n) is 9.21. The van der Waals surface area contributed by atoms with Gasteiger partial charge in [0.1, 0.15) is 17.4 Å². The number of aryl methyl sites for hydroxylation is 2. The van der Waals surface area contributed by atoms with Gasteiger partial charge in [0.05, 0.1) is 25.5 Å². The Kier molecular flexibility index (Phi) is 8.94. The summed E-state index contributed by atoms with van der Waals surface area (Å²) >= 11 is 0. The summed E-state index contributed by atoms with van der Waals surface area (Å²) in [5, 5.41) is 14.8. The van der Waals surface area contributed by atoms with Crippen LogP contribution in [0.3, 0.4) is 0 Å². The van der Waals surface area contributed by atoms with Crippen LogP contribution in [0.25, 0.3) is 0 Å². The van der Waals surface area contributed by atoms with Gasteiger partial charge >= 0.3 is 0 Å². The summed E-state index contributed by atoms with van der Waals surface area (Å²) < 4.78 is 6.14. The Hall–Kier alpha value is -3.67. The Morgan fingerprint density at radius 3 is 2.57 bits per heavy atom. The van der Waals surface area contributed by atoms with E-state index in [4.69, 9.17) is 14.6 Å². The van der Waals surface area contributed by atoms with Crippen LogP contribution in [0.1, 0.15) is 55.0 Å². The SMILES string of the molecule is CCN(CC)CCCOc1c(C)cc(Nc2ncc(C#N)c(N3OCCC3c3ccccc3)n2)cc1C. The summed E-state index contributed by atoms with van der Waals surface area (Å²) in [5.74, 6) is 1.79. The number of benzene rings is 2. The van der Waals surface area contributed by atoms with Crippen molar-refractivity contribution < 1.29 is 9.57 Å². The van der Waals surface area contributed by atoms with Crippen LogP contribution >= 0.6 is 0 Å². The number of nitriles is 1. The fraction of sp³-hybridized carbons (Fsp3) is 0.414. The molecule has 0 spiro atoms. The van der Waals surface area contributed by atoms with Crippen molar-refractivity contribution in [2.75, 3.05) is 43.2 Å². The molecule has 8 nitrogen and oxygen atoms in total. The summed E-state index contributed by atoms with van der Waals surface area (Å²) in [6, 6.07) is 16.4. The Bertz CT molecular complexity index is 1200. The van der Waals surface area contributed by atoms with Gasteiger partial charge in [-0.3, -0.25) is 4.84 Å². The summed E-state index contributed by atoms with van der Waals surface area (Å²) in [7, 11) is 0. The topological polar surface area (TPSA) is 86.5 Å². The number of aromatic nitrogens is 2. The molecule has 2 heterocycles. The zero-order valence-electron chi connectivity index (χ0n) is 22.2. The fourth-order valence-electron chi connectivity index (χ4n) is 4.72. The fourth-order valence-corrected chi connectivity index (χ4v) is 4.72. The Morgan fingerprint density at radius 2 is 1.89 bits per heavy atom. The van der Waals surface area contributed by atoms with Gasteiger partial charge in [0.15, 0.2) is 5.82 Å². The molecule has 1 atom stereocenters. The van der Waals surface area contributed by atoms with Gasteiger partial charge in [0.25, 0.3) is 0 Å². The van der Waals surface area contributed by atoms with Crippen molar-refractivity contribution in [1.82, 2.24) is 14.9 Å². The Balaban J connectivity index is 1.49. The van der Waals surface area contributed by atoms with Gasteiger partial charge in [-0.15, -0.1) is 0 Å². The van der Waals surface area contributed by atoms with Crippen molar-refractivity contribution in [2.24, 2.45) is 0 Å². The first kappa shape index (κ1) is 26.4. The first-order valence-electron chi connectivity index (χ1n) is 13.0. The minimum absolute atomic E-state index is 0.0151. The highest BCUT2D eigenvalue weighted by molar-refractivity contribution is 5.62. The van der Waals surface area contributed by atoms with Crippen LogP contribution in [0, 0.1) is 25.2 Å². The van der Waals surface area contributed by atoms with Gasteiger partial charge in [-0.2, -0.15) is 10.2 Å².